The number of carbonyl (C=O) groups is 3. The lowest BCUT2D eigenvalue weighted by Gasteiger charge is -2.17. The van der Waals surface area contributed by atoms with Crippen LogP contribution in [0.2, 0.25) is 0 Å². The standard InChI is InChI=1S/C17H21BrN2O4S/c1-25-9-8-14(17(23)24-10-15(21)19-13-6-7-13)20-16(22)11-2-4-12(18)5-3-11/h2-5,13-14H,6-10H2,1H3,(H,19,21)(H,20,22). The van der Waals surface area contributed by atoms with E-state index in [1.54, 1.807) is 36.0 Å². The fourth-order valence-corrected chi connectivity index (χ4v) is 2.80. The molecule has 0 saturated heterocycles. The molecule has 0 aliphatic heterocycles. The lowest BCUT2D eigenvalue weighted by Crippen LogP contribution is -2.43. The molecular weight excluding hydrogens is 408 g/mol. The predicted octanol–water partition coefficient (Wildman–Crippen LogP) is 2.12. The largest absolute Gasteiger partial charge is 0.454 e. The van der Waals surface area contributed by atoms with Crippen LogP contribution in [0, 0.1) is 0 Å². The van der Waals surface area contributed by atoms with E-state index >= 15 is 0 Å². The van der Waals surface area contributed by atoms with Crippen LogP contribution < -0.4 is 10.6 Å². The highest BCUT2D eigenvalue weighted by Crippen LogP contribution is 2.18. The van der Waals surface area contributed by atoms with Crippen molar-refractivity contribution in [3.63, 3.8) is 0 Å². The Labute approximate surface area is 159 Å². The molecule has 2 N–H and O–H groups in total. The van der Waals surface area contributed by atoms with Gasteiger partial charge in [-0.1, -0.05) is 15.9 Å². The van der Waals surface area contributed by atoms with Gasteiger partial charge in [0.15, 0.2) is 6.61 Å². The zero-order chi connectivity index (χ0) is 18.2. The van der Waals surface area contributed by atoms with Gasteiger partial charge in [0.05, 0.1) is 0 Å². The Morgan fingerprint density at radius 1 is 1.28 bits per heavy atom. The van der Waals surface area contributed by atoms with Crippen LogP contribution in [0.25, 0.3) is 0 Å². The zero-order valence-corrected chi connectivity index (χ0v) is 16.3. The van der Waals surface area contributed by atoms with E-state index in [-0.39, 0.29) is 24.5 Å². The van der Waals surface area contributed by atoms with Gasteiger partial charge in [-0.3, -0.25) is 9.59 Å². The van der Waals surface area contributed by atoms with Gasteiger partial charge >= 0.3 is 5.97 Å². The Morgan fingerprint density at radius 2 is 1.96 bits per heavy atom. The van der Waals surface area contributed by atoms with Gasteiger partial charge in [-0.15, -0.1) is 0 Å². The maximum absolute atomic E-state index is 12.3. The van der Waals surface area contributed by atoms with Crippen LogP contribution >= 0.6 is 27.7 Å². The number of nitrogens with one attached hydrogen (secondary N) is 2. The SMILES string of the molecule is CSCCC(NC(=O)c1ccc(Br)cc1)C(=O)OCC(=O)NC1CC1. The summed E-state index contributed by atoms with van der Waals surface area (Å²) in [4.78, 5) is 36.2. The fourth-order valence-electron chi connectivity index (χ4n) is 2.06. The normalized spacial score (nSPS) is 14.5. The first kappa shape index (κ1) is 19.8. The van der Waals surface area contributed by atoms with Crippen molar-refractivity contribution >= 4 is 45.5 Å². The van der Waals surface area contributed by atoms with E-state index in [2.05, 4.69) is 26.6 Å². The number of rotatable bonds is 9. The van der Waals surface area contributed by atoms with Crippen LogP contribution in [0.4, 0.5) is 0 Å². The third-order valence-corrected chi connectivity index (χ3v) is 4.77. The van der Waals surface area contributed by atoms with Gasteiger partial charge in [0.25, 0.3) is 11.8 Å². The third kappa shape index (κ3) is 7.07. The molecule has 1 saturated carbocycles. The predicted molar refractivity (Wildman–Crippen MR) is 101 cm³/mol. The van der Waals surface area contributed by atoms with Crippen LogP contribution in [0.3, 0.4) is 0 Å². The number of ether oxygens (including phenoxy) is 1. The van der Waals surface area contributed by atoms with Gasteiger partial charge in [-0.05, 0) is 55.5 Å². The number of carbonyl (C=O) groups excluding carboxylic acids is 3. The molecule has 1 aliphatic carbocycles. The molecule has 0 aromatic heterocycles. The number of hydrogen-bond acceptors (Lipinski definition) is 5. The minimum atomic E-state index is -0.780. The Bertz CT molecular complexity index is 620. The summed E-state index contributed by atoms with van der Waals surface area (Å²) in [6, 6.07) is 6.28. The lowest BCUT2D eigenvalue weighted by atomic mass is 10.1. The molecule has 8 heteroatoms. The van der Waals surface area contributed by atoms with Crippen LogP contribution in [-0.4, -0.2) is 48.5 Å². The second kappa shape index (κ2) is 9.82. The molecule has 136 valence electrons. The van der Waals surface area contributed by atoms with Gasteiger partial charge < -0.3 is 15.4 Å². The molecule has 1 atom stereocenters. The number of halogens is 1. The minimum Gasteiger partial charge on any atom is -0.454 e. The highest BCUT2D eigenvalue weighted by Gasteiger charge is 2.26. The van der Waals surface area contributed by atoms with E-state index in [1.165, 1.54) is 0 Å². The Hall–Kier alpha value is -1.54. The summed E-state index contributed by atoms with van der Waals surface area (Å²) in [7, 11) is 0. The summed E-state index contributed by atoms with van der Waals surface area (Å²) in [5.41, 5.74) is 0.455. The molecule has 1 fully saturated rings. The van der Waals surface area contributed by atoms with Crippen molar-refractivity contribution in [3.05, 3.63) is 34.3 Å². The highest BCUT2D eigenvalue weighted by molar-refractivity contribution is 9.10. The van der Waals surface area contributed by atoms with Crippen molar-refractivity contribution in [2.45, 2.75) is 31.3 Å². The monoisotopic (exact) mass is 428 g/mol. The van der Waals surface area contributed by atoms with Gasteiger partial charge in [-0.2, -0.15) is 11.8 Å². The fraction of sp³-hybridized carbons (Fsp3) is 0.471. The van der Waals surface area contributed by atoms with Crippen molar-refractivity contribution in [2.24, 2.45) is 0 Å². The molecule has 1 aromatic rings. The van der Waals surface area contributed by atoms with E-state index in [9.17, 15) is 14.4 Å². The Kier molecular flexibility index (Phi) is 7.77. The van der Waals surface area contributed by atoms with Gasteiger partial charge in [0.2, 0.25) is 0 Å². The number of amides is 2. The van der Waals surface area contributed by atoms with Crippen molar-refractivity contribution in [1.82, 2.24) is 10.6 Å². The minimum absolute atomic E-state index is 0.218. The number of hydrogen-bond donors (Lipinski definition) is 2. The molecule has 6 nitrogen and oxygen atoms in total. The van der Waals surface area contributed by atoms with Crippen molar-refractivity contribution < 1.29 is 19.1 Å². The van der Waals surface area contributed by atoms with Crippen LogP contribution in [0.1, 0.15) is 29.6 Å². The summed E-state index contributed by atoms with van der Waals surface area (Å²) in [6.07, 6.45) is 4.30. The Morgan fingerprint density at radius 3 is 2.56 bits per heavy atom. The first-order valence-electron chi connectivity index (χ1n) is 8.01. The average molecular weight is 429 g/mol. The number of esters is 1. The Balaban J connectivity index is 1.89. The van der Waals surface area contributed by atoms with Crippen LogP contribution in [0.5, 0.6) is 0 Å². The van der Waals surface area contributed by atoms with Crippen molar-refractivity contribution in [3.8, 4) is 0 Å². The van der Waals surface area contributed by atoms with E-state index in [1.807, 2.05) is 6.26 Å². The molecule has 0 spiro atoms. The van der Waals surface area contributed by atoms with Gasteiger partial charge in [-0.25, -0.2) is 4.79 Å². The average Bonchev–Trinajstić information content (AvgIpc) is 3.40. The number of thioether (sulfide) groups is 1. The first-order valence-corrected chi connectivity index (χ1v) is 10.2. The second-order valence-electron chi connectivity index (χ2n) is 5.76. The molecule has 0 bridgehead atoms. The summed E-state index contributed by atoms with van der Waals surface area (Å²) in [5, 5.41) is 5.44. The summed E-state index contributed by atoms with van der Waals surface area (Å²) < 4.78 is 5.93. The topological polar surface area (TPSA) is 84.5 Å². The van der Waals surface area contributed by atoms with Gasteiger partial charge in [0, 0.05) is 16.1 Å². The molecule has 0 heterocycles. The molecule has 1 aromatic carbocycles. The van der Waals surface area contributed by atoms with Crippen molar-refractivity contribution in [2.75, 3.05) is 18.6 Å². The first-order chi connectivity index (χ1) is 12.0. The van der Waals surface area contributed by atoms with E-state index < -0.39 is 12.0 Å². The molecule has 0 radical (unpaired) electrons. The van der Waals surface area contributed by atoms with E-state index in [4.69, 9.17) is 4.74 Å². The number of benzene rings is 1. The van der Waals surface area contributed by atoms with Crippen LogP contribution in [0.15, 0.2) is 28.7 Å². The molecule has 2 amide bonds. The maximum atomic E-state index is 12.3. The second-order valence-corrected chi connectivity index (χ2v) is 7.67. The van der Waals surface area contributed by atoms with Gasteiger partial charge in [0.1, 0.15) is 6.04 Å². The molecule has 2 rings (SSSR count). The van der Waals surface area contributed by atoms with E-state index in [0.717, 1.165) is 17.3 Å². The quantitative estimate of drug-likeness (QED) is 0.588. The van der Waals surface area contributed by atoms with E-state index in [0.29, 0.717) is 17.7 Å². The highest BCUT2D eigenvalue weighted by atomic mass is 79.9. The molecule has 1 unspecified atom stereocenters. The zero-order valence-electron chi connectivity index (χ0n) is 13.9. The summed E-state index contributed by atoms with van der Waals surface area (Å²) in [6.45, 7) is -0.320. The summed E-state index contributed by atoms with van der Waals surface area (Å²) >= 11 is 4.88. The molecule has 1 aliphatic rings. The maximum Gasteiger partial charge on any atom is 0.329 e. The summed E-state index contributed by atoms with van der Waals surface area (Å²) in [5.74, 6) is -0.559. The molecule has 25 heavy (non-hydrogen) atoms. The van der Waals surface area contributed by atoms with Crippen molar-refractivity contribution in [1.29, 1.82) is 0 Å². The lowest BCUT2D eigenvalue weighted by molar-refractivity contribution is -0.150. The van der Waals surface area contributed by atoms with Crippen LogP contribution in [-0.2, 0) is 14.3 Å². The third-order valence-electron chi connectivity index (χ3n) is 3.59. The molecular formula is C17H21BrN2O4S. The smallest absolute Gasteiger partial charge is 0.329 e.